The van der Waals surface area contributed by atoms with Gasteiger partial charge in [0.2, 0.25) is 10.0 Å². The van der Waals surface area contributed by atoms with Crippen LogP contribution in [-0.4, -0.2) is 46.5 Å². The molecule has 0 saturated heterocycles. The lowest BCUT2D eigenvalue weighted by molar-refractivity contribution is 0.217. The largest absolute Gasteiger partial charge is 0.337 e. The van der Waals surface area contributed by atoms with Gasteiger partial charge >= 0.3 is 6.03 Å². The van der Waals surface area contributed by atoms with E-state index in [1.54, 1.807) is 26.2 Å². The molecule has 1 aromatic rings. The van der Waals surface area contributed by atoms with Crippen molar-refractivity contribution < 1.29 is 13.2 Å². The molecule has 19 heavy (non-hydrogen) atoms. The standard InChI is InChI=1S/C11H16BrN3O3S/c1-15(2)11(16)13-6-7-14-19(17,18)10-5-3-4-9(12)8-10/h3-5,8,14H,6-7H2,1-2H3,(H,13,16). The summed E-state index contributed by atoms with van der Waals surface area (Å²) >= 11 is 3.22. The van der Waals surface area contributed by atoms with Gasteiger partial charge in [-0.15, -0.1) is 0 Å². The van der Waals surface area contributed by atoms with E-state index in [1.165, 1.54) is 17.0 Å². The van der Waals surface area contributed by atoms with Gasteiger partial charge in [-0.1, -0.05) is 22.0 Å². The molecule has 0 radical (unpaired) electrons. The third-order valence-corrected chi connectivity index (χ3v) is 4.16. The van der Waals surface area contributed by atoms with E-state index in [2.05, 4.69) is 26.0 Å². The molecule has 0 spiro atoms. The first-order valence-electron chi connectivity index (χ1n) is 5.53. The molecule has 1 aromatic carbocycles. The lowest BCUT2D eigenvalue weighted by atomic mass is 10.4. The van der Waals surface area contributed by atoms with E-state index >= 15 is 0 Å². The fourth-order valence-electron chi connectivity index (χ4n) is 1.23. The van der Waals surface area contributed by atoms with E-state index < -0.39 is 10.0 Å². The number of nitrogens with one attached hydrogen (secondary N) is 2. The summed E-state index contributed by atoms with van der Waals surface area (Å²) in [6, 6.07) is 6.15. The maximum atomic E-state index is 11.9. The van der Waals surface area contributed by atoms with Crippen molar-refractivity contribution >= 4 is 32.0 Å². The third-order valence-electron chi connectivity index (χ3n) is 2.21. The molecule has 0 atom stereocenters. The van der Waals surface area contributed by atoms with Crippen LogP contribution in [0.2, 0.25) is 0 Å². The van der Waals surface area contributed by atoms with Gasteiger partial charge in [0.05, 0.1) is 4.90 Å². The van der Waals surface area contributed by atoms with Crippen molar-refractivity contribution in [1.29, 1.82) is 0 Å². The second-order valence-corrected chi connectivity index (χ2v) is 6.66. The minimum atomic E-state index is -3.55. The number of halogens is 1. The second-order valence-electron chi connectivity index (χ2n) is 3.98. The minimum absolute atomic E-state index is 0.133. The molecule has 0 unspecified atom stereocenters. The number of carbonyl (C=O) groups is 1. The van der Waals surface area contributed by atoms with E-state index in [1.807, 2.05) is 0 Å². The highest BCUT2D eigenvalue weighted by molar-refractivity contribution is 9.10. The predicted molar refractivity (Wildman–Crippen MR) is 76.4 cm³/mol. The van der Waals surface area contributed by atoms with Crippen molar-refractivity contribution in [3.05, 3.63) is 28.7 Å². The van der Waals surface area contributed by atoms with E-state index in [0.29, 0.717) is 4.47 Å². The molecule has 0 saturated carbocycles. The Morgan fingerprint density at radius 3 is 2.58 bits per heavy atom. The maximum Gasteiger partial charge on any atom is 0.316 e. The van der Waals surface area contributed by atoms with Crippen LogP contribution in [0.3, 0.4) is 0 Å². The molecule has 0 fully saturated rings. The molecular formula is C11H16BrN3O3S. The third kappa shape index (κ3) is 5.17. The van der Waals surface area contributed by atoms with Gasteiger partial charge in [-0.2, -0.15) is 0 Å². The maximum absolute atomic E-state index is 11.9. The number of benzene rings is 1. The van der Waals surface area contributed by atoms with Gasteiger partial charge in [0.1, 0.15) is 0 Å². The topological polar surface area (TPSA) is 78.5 Å². The number of urea groups is 1. The zero-order chi connectivity index (χ0) is 14.5. The average molecular weight is 350 g/mol. The van der Waals surface area contributed by atoms with Crippen LogP contribution in [0.15, 0.2) is 33.6 Å². The Labute approximate surface area is 121 Å². The van der Waals surface area contributed by atoms with Gasteiger partial charge in [0.25, 0.3) is 0 Å². The summed E-state index contributed by atoms with van der Waals surface area (Å²) in [7, 11) is -0.322. The summed E-state index contributed by atoms with van der Waals surface area (Å²) in [4.78, 5) is 12.8. The molecular weight excluding hydrogens is 334 g/mol. The zero-order valence-corrected chi connectivity index (χ0v) is 13.1. The van der Waals surface area contributed by atoms with Crippen molar-refractivity contribution in [2.75, 3.05) is 27.2 Å². The Morgan fingerprint density at radius 2 is 2.00 bits per heavy atom. The highest BCUT2D eigenvalue weighted by Gasteiger charge is 2.13. The van der Waals surface area contributed by atoms with Crippen LogP contribution in [0.25, 0.3) is 0 Å². The average Bonchev–Trinajstić information content (AvgIpc) is 2.34. The molecule has 0 heterocycles. The van der Waals surface area contributed by atoms with Gasteiger partial charge in [-0.05, 0) is 18.2 Å². The molecule has 2 amide bonds. The molecule has 8 heteroatoms. The van der Waals surface area contributed by atoms with E-state index in [9.17, 15) is 13.2 Å². The van der Waals surface area contributed by atoms with Crippen LogP contribution < -0.4 is 10.0 Å². The van der Waals surface area contributed by atoms with Crippen LogP contribution in [0.1, 0.15) is 0 Å². The highest BCUT2D eigenvalue weighted by Crippen LogP contribution is 2.15. The lowest BCUT2D eigenvalue weighted by Gasteiger charge is -2.12. The van der Waals surface area contributed by atoms with Gasteiger partial charge in [0.15, 0.2) is 0 Å². The Balaban J connectivity index is 2.51. The summed E-state index contributed by atoms with van der Waals surface area (Å²) in [5, 5.41) is 2.57. The molecule has 6 nitrogen and oxygen atoms in total. The fourth-order valence-corrected chi connectivity index (χ4v) is 2.86. The first-order valence-corrected chi connectivity index (χ1v) is 7.81. The second kappa shape index (κ2) is 6.88. The number of sulfonamides is 1. The first kappa shape index (κ1) is 15.9. The Hall–Kier alpha value is -1.12. The van der Waals surface area contributed by atoms with Gasteiger partial charge in [-0.3, -0.25) is 0 Å². The zero-order valence-electron chi connectivity index (χ0n) is 10.7. The molecule has 2 N–H and O–H groups in total. The summed E-state index contributed by atoms with van der Waals surface area (Å²) in [6.07, 6.45) is 0. The van der Waals surface area contributed by atoms with Crippen LogP contribution in [0, 0.1) is 0 Å². The lowest BCUT2D eigenvalue weighted by Crippen LogP contribution is -2.39. The van der Waals surface area contributed by atoms with Crippen molar-refractivity contribution in [3.8, 4) is 0 Å². The predicted octanol–water partition coefficient (Wildman–Crippen LogP) is 0.999. The van der Waals surface area contributed by atoms with Crippen molar-refractivity contribution in [1.82, 2.24) is 14.9 Å². The Bertz CT molecular complexity index is 546. The number of nitrogens with zero attached hydrogens (tertiary/aromatic N) is 1. The van der Waals surface area contributed by atoms with Gasteiger partial charge < -0.3 is 10.2 Å². The number of hydrogen-bond donors (Lipinski definition) is 2. The summed E-state index contributed by atoms with van der Waals surface area (Å²) in [5.74, 6) is 0. The molecule has 0 bridgehead atoms. The number of rotatable bonds is 5. The van der Waals surface area contributed by atoms with Crippen LogP contribution in [-0.2, 0) is 10.0 Å². The van der Waals surface area contributed by atoms with Crippen LogP contribution >= 0.6 is 15.9 Å². The minimum Gasteiger partial charge on any atom is -0.337 e. The monoisotopic (exact) mass is 349 g/mol. The Kier molecular flexibility index (Phi) is 5.77. The van der Waals surface area contributed by atoms with Gasteiger partial charge in [0, 0.05) is 31.7 Å². The number of carbonyl (C=O) groups excluding carboxylic acids is 1. The molecule has 0 aliphatic heterocycles. The smallest absolute Gasteiger partial charge is 0.316 e. The van der Waals surface area contributed by atoms with E-state index in [-0.39, 0.29) is 24.0 Å². The van der Waals surface area contributed by atoms with E-state index in [4.69, 9.17) is 0 Å². The molecule has 1 rings (SSSR count). The summed E-state index contributed by atoms with van der Waals surface area (Å²) in [6.45, 7) is 0.360. The Morgan fingerprint density at radius 1 is 1.32 bits per heavy atom. The van der Waals surface area contributed by atoms with Gasteiger partial charge in [-0.25, -0.2) is 17.9 Å². The van der Waals surface area contributed by atoms with Crippen molar-refractivity contribution in [3.63, 3.8) is 0 Å². The van der Waals surface area contributed by atoms with Crippen molar-refractivity contribution in [2.45, 2.75) is 4.90 Å². The molecule has 0 aliphatic rings. The quantitative estimate of drug-likeness (QED) is 0.778. The highest BCUT2D eigenvalue weighted by atomic mass is 79.9. The summed E-state index contributed by atoms with van der Waals surface area (Å²) in [5.41, 5.74) is 0. The van der Waals surface area contributed by atoms with Crippen LogP contribution in [0.5, 0.6) is 0 Å². The van der Waals surface area contributed by atoms with Crippen LogP contribution in [0.4, 0.5) is 4.79 Å². The molecule has 106 valence electrons. The first-order chi connectivity index (χ1) is 8.83. The fraction of sp³-hybridized carbons (Fsp3) is 0.364. The molecule has 0 aromatic heterocycles. The molecule has 0 aliphatic carbocycles. The number of hydrogen-bond acceptors (Lipinski definition) is 3. The SMILES string of the molecule is CN(C)C(=O)NCCNS(=O)(=O)c1cccc(Br)c1. The normalized spacial score (nSPS) is 11.1. The summed E-state index contributed by atoms with van der Waals surface area (Å²) < 4.78 is 26.9. The van der Waals surface area contributed by atoms with E-state index in [0.717, 1.165) is 0 Å². The van der Waals surface area contributed by atoms with Crippen molar-refractivity contribution in [2.24, 2.45) is 0 Å². The number of amides is 2.